The number of halogens is 2. The minimum atomic E-state index is -0.449. The number of ether oxygens (including phenoxy) is 1. The number of amides is 2. The lowest BCUT2D eigenvalue weighted by molar-refractivity contribution is -0.122. The number of carbonyl (C=O) groups excluding carboxylic acids is 2. The van der Waals surface area contributed by atoms with Crippen LogP contribution in [0.3, 0.4) is 0 Å². The molecule has 0 spiro atoms. The smallest absolute Gasteiger partial charge is 0.223 e. The second-order valence-electron chi connectivity index (χ2n) is 4.09. The predicted molar refractivity (Wildman–Crippen MR) is 73.0 cm³/mol. The minimum absolute atomic E-state index is 0.132. The van der Waals surface area contributed by atoms with Crippen molar-refractivity contribution in [2.45, 2.75) is 19.3 Å². The Balaban J connectivity index is 2.20. The van der Waals surface area contributed by atoms with Gasteiger partial charge in [-0.15, -0.1) is 0 Å². The second-order valence-corrected chi connectivity index (χ2v) is 4.50. The van der Waals surface area contributed by atoms with E-state index in [1.807, 2.05) is 0 Å². The maximum atomic E-state index is 12.8. The van der Waals surface area contributed by atoms with Crippen molar-refractivity contribution in [3.63, 3.8) is 0 Å². The van der Waals surface area contributed by atoms with Gasteiger partial charge in [-0.05, 0) is 24.6 Å². The van der Waals surface area contributed by atoms with Crippen molar-refractivity contribution >= 4 is 23.4 Å². The molecular formula is C13H16ClFN2O3. The van der Waals surface area contributed by atoms with Gasteiger partial charge in [0.05, 0.1) is 18.1 Å². The minimum Gasteiger partial charge on any atom is -0.491 e. The summed E-state index contributed by atoms with van der Waals surface area (Å²) in [4.78, 5) is 21.9. The van der Waals surface area contributed by atoms with E-state index in [0.29, 0.717) is 18.7 Å². The van der Waals surface area contributed by atoms with Gasteiger partial charge in [-0.2, -0.15) is 0 Å². The summed E-state index contributed by atoms with van der Waals surface area (Å²) in [7, 11) is 0. The number of carbonyl (C=O) groups is 2. The zero-order chi connectivity index (χ0) is 15.0. The van der Waals surface area contributed by atoms with Crippen LogP contribution in [0.4, 0.5) is 4.39 Å². The summed E-state index contributed by atoms with van der Waals surface area (Å²) in [6.45, 7) is 0.520. The third-order valence-corrected chi connectivity index (χ3v) is 2.70. The van der Waals surface area contributed by atoms with Gasteiger partial charge in [0.15, 0.2) is 0 Å². The van der Waals surface area contributed by atoms with Gasteiger partial charge in [0.25, 0.3) is 0 Å². The summed E-state index contributed by atoms with van der Waals surface area (Å²) in [5.41, 5.74) is 4.97. The van der Waals surface area contributed by atoms with Crippen LogP contribution in [0.25, 0.3) is 0 Å². The Hall–Kier alpha value is -1.82. The molecule has 0 saturated heterocycles. The molecule has 2 amide bonds. The highest BCUT2D eigenvalue weighted by Gasteiger charge is 2.05. The maximum Gasteiger partial charge on any atom is 0.223 e. The summed E-state index contributed by atoms with van der Waals surface area (Å²) in [6.07, 6.45) is 0.887. The zero-order valence-corrected chi connectivity index (χ0v) is 11.6. The van der Waals surface area contributed by atoms with E-state index in [1.165, 1.54) is 12.1 Å². The molecule has 7 heteroatoms. The fourth-order valence-electron chi connectivity index (χ4n) is 1.42. The molecular weight excluding hydrogens is 287 g/mol. The average molecular weight is 303 g/mol. The molecule has 0 aliphatic heterocycles. The SMILES string of the molecule is NC(=O)CCCNC(=O)CCOc1ccc(F)cc1Cl. The van der Waals surface area contributed by atoms with Gasteiger partial charge in [-0.25, -0.2) is 4.39 Å². The first-order valence-electron chi connectivity index (χ1n) is 6.12. The van der Waals surface area contributed by atoms with Crippen LogP contribution in [0.1, 0.15) is 19.3 Å². The van der Waals surface area contributed by atoms with Crippen LogP contribution in [0.15, 0.2) is 18.2 Å². The molecule has 110 valence electrons. The third-order valence-electron chi connectivity index (χ3n) is 2.40. The molecule has 1 aromatic rings. The quantitative estimate of drug-likeness (QED) is 0.716. The van der Waals surface area contributed by atoms with Crippen molar-refractivity contribution in [2.24, 2.45) is 5.73 Å². The number of nitrogens with one attached hydrogen (secondary N) is 1. The first-order chi connectivity index (χ1) is 9.49. The Labute approximate surface area is 121 Å². The van der Waals surface area contributed by atoms with Gasteiger partial charge in [0.1, 0.15) is 11.6 Å². The lowest BCUT2D eigenvalue weighted by Gasteiger charge is -2.08. The van der Waals surface area contributed by atoms with Crippen LogP contribution in [0.5, 0.6) is 5.75 Å². The number of nitrogens with two attached hydrogens (primary N) is 1. The highest BCUT2D eigenvalue weighted by Crippen LogP contribution is 2.24. The van der Waals surface area contributed by atoms with E-state index in [-0.39, 0.29) is 30.4 Å². The molecule has 0 unspecified atom stereocenters. The van der Waals surface area contributed by atoms with Gasteiger partial charge in [0, 0.05) is 13.0 Å². The number of hydrogen-bond donors (Lipinski definition) is 2. The van der Waals surface area contributed by atoms with E-state index in [0.717, 1.165) is 6.07 Å². The Morgan fingerprint density at radius 3 is 2.75 bits per heavy atom. The topological polar surface area (TPSA) is 81.4 Å². The van der Waals surface area contributed by atoms with E-state index < -0.39 is 11.7 Å². The van der Waals surface area contributed by atoms with Crippen molar-refractivity contribution in [3.8, 4) is 5.75 Å². The monoisotopic (exact) mass is 302 g/mol. The fraction of sp³-hybridized carbons (Fsp3) is 0.385. The van der Waals surface area contributed by atoms with E-state index in [2.05, 4.69) is 5.32 Å². The highest BCUT2D eigenvalue weighted by atomic mass is 35.5. The predicted octanol–water partition coefficient (Wildman–Crippen LogP) is 1.63. The van der Waals surface area contributed by atoms with E-state index in [4.69, 9.17) is 22.1 Å². The molecule has 0 atom stereocenters. The molecule has 0 bridgehead atoms. The molecule has 3 N–H and O–H groups in total. The van der Waals surface area contributed by atoms with Crippen LogP contribution in [0.2, 0.25) is 5.02 Å². The molecule has 0 fully saturated rings. The second kappa shape index (κ2) is 8.37. The van der Waals surface area contributed by atoms with Gasteiger partial charge >= 0.3 is 0 Å². The molecule has 0 aliphatic carbocycles. The van der Waals surface area contributed by atoms with Gasteiger partial charge in [-0.3, -0.25) is 9.59 Å². The van der Waals surface area contributed by atoms with Crippen molar-refractivity contribution < 1.29 is 18.7 Å². The largest absolute Gasteiger partial charge is 0.491 e. The van der Waals surface area contributed by atoms with Crippen LogP contribution < -0.4 is 15.8 Å². The lowest BCUT2D eigenvalue weighted by Crippen LogP contribution is -2.26. The van der Waals surface area contributed by atoms with E-state index in [9.17, 15) is 14.0 Å². The molecule has 20 heavy (non-hydrogen) atoms. The lowest BCUT2D eigenvalue weighted by atomic mass is 10.3. The van der Waals surface area contributed by atoms with Gasteiger partial charge in [-0.1, -0.05) is 11.6 Å². The first-order valence-corrected chi connectivity index (χ1v) is 6.49. The first kappa shape index (κ1) is 16.2. The number of benzene rings is 1. The van der Waals surface area contributed by atoms with Gasteiger partial charge in [0.2, 0.25) is 11.8 Å². The van der Waals surface area contributed by atoms with Crippen LogP contribution in [-0.4, -0.2) is 25.0 Å². The van der Waals surface area contributed by atoms with Crippen molar-refractivity contribution in [1.82, 2.24) is 5.32 Å². The third kappa shape index (κ3) is 6.38. The maximum absolute atomic E-state index is 12.8. The molecule has 0 aromatic heterocycles. The van der Waals surface area contributed by atoms with Crippen LogP contribution >= 0.6 is 11.6 Å². The highest BCUT2D eigenvalue weighted by molar-refractivity contribution is 6.32. The molecule has 1 aromatic carbocycles. The molecule has 0 radical (unpaired) electrons. The molecule has 5 nitrogen and oxygen atoms in total. The van der Waals surface area contributed by atoms with Gasteiger partial charge < -0.3 is 15.8 Å². The summed E-state index contributed by atoms with van der Waals surface area (Å²) < 4.78 is 18.1. The van der Waals surface area contributed by atoms with Crippen molar-refractivity contribution in [2.75, 3.05) is 13.2 Å². The summed E-state index contributed by atoms with van der Waals surface area (Å²) in [5, 5.41) is 2.79. The van der Waals surface area contributed by atoms with Crippen LogP contribution in [-0.2, 0) is 9.59 Å². The molecule has 0 aliphatic rings. The van der Waals surface area contributed by atoms with E-state index >= 15 is 0 Å². The normalized spacial score (nSPS) is 10.1. The average Bonchev–Trinajstić information content (AvgIpc) is 2.37. The summed E-state index contributed by atoms with van der Waals surface area (Å²) >= 11 is 5.77. The Morgan fingerprint density at radius 2 is 2.10 bits per heavy atom. The zero-order valence-electron chi connectivity index (χ0n) is 10.8. The van der Waals surface area contributed by atoms with E-state index in [1.54, 1.807) is 0 Å². The molecule has 0 saturated carbocycles. The number of rotatable bonds is 8. The Kier molecular flexibility index (Phi) is 6.79. The van der Waals surface area contributed by atoms with Crippen molar-refractivity contribution in [1.29, 1.82) is 0 Å². The molecule has 0 heterocycles. The number of primary amides is 1. The summed E-state index contributed by atoms with van der Waals surface area (Å²) in [5.74, 6) is -0.717. The van der Waals surface area contributed by atoms with Crippen LogP contribution in [0, 0.1) is 5.82 Å². The Bertz CT molecular complexity index is 483. The number of hydrogen-bond acceptors (Lipinski definition) is 3. The summed E-state index contributed by atoms with van der Waals surface area (Å²) in [6, 6.07) is 3.77. The fourth-order valence-corrected chi connectivity index (χ4v) is 1.65. The standard InChI is InChI=1S/C13H16ClFN2O3/c14-10-8-9(15)3-4-11(10)20-7-5-13(19)17-6-1-2-12(16)18/h3-4,8H,1-2,5-7H2,(H2,16,18)(H,17,19). The van der Waals surface area contributed by atoms with Crippen molar-refractivity contribution in [3.05, 3.63) is 29.0 Å². The Morgan fingerprint density at radius 1 is 1.35 bits per heavy atom. The molecule has 1 rings (SSSR count).